The summed E-state index contributed by atoms with van der Waals surface area (Å²) in [6.07, 6.45) is 8.52. The normalized spacial score (nSPS) is 15.1. The van der Waals surface area contributed by atoms with E-state index in [0.717, 1.165) is 12.6 Å². The molecular weight excluding hydrogens is 228 g/mol. The van der Waals surface area contributed by atoms with Crippen LogP contribution in [0.25, 0.3) is 0 Å². The lowest BCUT2D eigenvalue weighted by molar-refractivity contribution is 0.675. The lowest BCUT2D eigenvalue weighted by Gasteiger charge is -2.08. The van der Waals surface area contributed by atoms with E-state index in [0.29, 0.717) is 0 Å². The molecule has 3 heteroatoms. The first kappa shape index (κ1) is 12.9. The van der Waals surface area contributed by atoms with Crippen LogP contribution in [0.15, 0.2) is 23.4 Å². The number of unbranched alkanes of at least 4 members (excludes halogenated alkanes) is 2. The number of nitrogens with zero attached hydrogens (tertiary/aromatic N) is 1. The third kappa shape index (κ3) is 4.68. The van der Waals surface area contributed by atoms with Crippen molar-refractivity contribution in [3.8, 4) is 0 Å². The summed E-state index contributed by atoms with van der Waals surface area (Å²) in [6.45, 7) is 3.23. The third-order valence-corrected chi connectivity index (χ3v) is 4.13. The van der Waals surface area contributed by atoms with Gasteiger partial charge in [0.25, 0.3) is 0 Å². The Hall–Kier alpha value is -0.540. The van der Waals surface area contributed by atoms with Gasteiger partial charge in [-0.2, -0.15) is 0 Å². The van der Waals surface area contributed by atoms with E-state index in [9.17, 15) is 0 Å². The number of hydrogen-bond acceptors (Lipinski definition) is 3. The summed E-state index contributed by atoms with van der Waals surface area (Å²) < 4.78 is 0. The second kappa shape index (κ2) is 7.02. The van der Waals surface area contributed by atoms with Gasteiger partial charge in [0.2, 0.25) is 0 Å². The molecule has 0 atom stereocenters. The van der Waals surface area contributed by atoms with Crippen LogP contribution in [0.4, 0.5) is 0 Å². The van der Waals surface area contributed by atoms with Crippen LogP contribution in [0.5, 0.6) is 0 Å². The first-order valence-corrected chi connectivity index (χ1v) is 7.68. The number of rotatable bonds is 8. The highest BCUT2D eigenvalue weighted by atomic mass is 32.2. The fourth-order valence-corrected chi connectivity index (χ4v) is 2.75. The van der Waals surface area contributed by atoms with Gasteiger partial charge in [0.15, 0.2) is 0 Å². The summed E-state index contributed by atoms with van der Waals surface area (Å²) >= 11 is 1.91. The Labute approximate surface area is 109 Å². The minimum absolute atomic E-state index is 0.771. The smallest absolute Gasteiger partial charge is 0.100 e. The minimum atomic E-state index is 0.771. The molecule has 1 N–H and O–H groups in total. The maximum Gasteiger partial charge on any atom is 0.100 e. The summed E-state index contributed by atoms with van der Waals surface area (Å²) in [6, 6.07) is 5.01. The first-order valence-electron chi connectivity index (χ1n) is 6.70. The van der Waals surface area contributed by atoms with Gasteiger partial charge in [0, 0.05) is 18.8 Å². The molecule has 0 unspecified atom stereocenters. The summed E-state index contributed by atoms with van der Waals surface area (Å²) in [7, 11) is 0. The van der Waals surface area contributed by atoms with Crippen LogP contribution >= 0.6 is 11.8 Å². The number of thioether (sulfide) groups is 1. The highest BCUT2D eigenvalue weighted by molar-refractivity contribution is 7.99. The number of nitrogens with one attached hydrogen (secondary N) is 1. The van der Waals surface area contributed by atoms with E-state index in [-0.39, 0.29) is 0 Å². The third-order valence-electron chi connectivity index (χ3n) is 3.00. The van der Waals surface area contributed by atoms with E-state index in [1.54, 1.807) is 0 Å². The molecule has 1 aliphatic carbocycles. The molecule has 2 rings (SSSR count). The molecule has 1 aliphatic rings. The van der Waals surface area contributed by atoms with Crippen LogP contribution in [0.2, 0.25) is 0 Å². The van der Waals surface area contributed by atoms with Gasteiger partial charge in [0.05, 0.1) is 0 Å². The molecule has 94 valence electrons. The fourth-order valence-electron chi connectivity index (χ4n) is 1.75. The van der Waals surface area contributed by atoms with Crippen LogP contribution in [-0.2, 0) is 6.54 Å². The van der Waals surface area contributed by atoms with Crippen molar-refractivity contribution in [2.24, 2.45) is 0 Å². The van der Waals surface area contributed by atoms with Crippen LogP contribution in [0.3, 0.4) is 0 Å². The van der Waals surface area contributed by atoms with Crippen LogP contribution in [-0.4, -0.2) is 16.8 Å². The Morgan fingerprint density at radius 3 is 3.06 bits per heavy atom. The lowest BCUT2D eigenvalue weighted by atomic mass is 10.3. The quantitative estimate of drug-likeness (QED) is 0.563. The molecule has 1 saturated carbocycles. The standard InChI is InChI=1S/C14H22N2S/c1-2-3-4-10-17-14-12(6-5-9-15-14)11-16-13-7-8-13/h5-6,9,13,16H,2-4,7-8,10-11H2,1H3. The van der Waals surface area contributed by atoms with E-state index in [1.165, 1.54) is 48.4 Å². The van der Waals surface area contributed by atoms with Crippen molar-refractivity contribution in [1.29, 1.82) is 0 Å². The molecular formula is C14H22N2S. The molecule has 0 amide bonds. The number of hydrogen-bond donors (Lipinski definition) is 1. The largest absolute Gasteiger partial charge is 0.310 e. The van der Waals surface area contributed by atoms with E-state index in [1.807, 2.05) is 24.0 Å². The van der Waals surface area contributed by atoms with Gasteiger partial charge in [0.1, 0.15) is 5.03 Å². The van der Waals surface area contributed by atoms with Gasteiger partial charge in [-0.1, -0.05) is 25.8 Å². The molecule has 1 aromatic heterocycles. The Morgan fingerprint density at radius 1 is 1.41 bits per heavy atom. The Kier molecular flexibility index (Phi) is 5.33. The van der Waals surface area contributed by atoms with Crippen molar-refractivity contribution in [2.45, 2.75) is 56.6 Å². The van der Waals surface area contributed by atoms with Crippen molar-refractivity contribution in [3.05, 3.63) is 23.9 Å². The van der Waals surface area contributed by atoms with Crippen LogP contribution in [0.1, 0.15) is 44.6 Å². The minimum Gasteiger partial charge on any atom is -0.310 e. The predicted octanol–water partition coefficient (Wildman–Crippen LogP) is 3.62. The van der Waals surface area contributed by atoms with Crippen molar-refractivity contribution in [2.75, 3.05) is 5.75 Å². The molecule has 0 radical (unpaired) electrons. The van der Waals surface area contributed by atoms with Crippen molar-refractivity contribution in [1.82, 2.24) is 10.3 Å². The molecule has 0 spiro atoms. The molecule has 1 fully saturated rings. The highest BCUT2D eigenvalue weighted by Gasteiger charge is 2.20. The van der Waals surface area contributed by atoms with Crippen molar-refractivity contribution >= 4 is 11.8 Å². The first-order chi connectivity index (χ1) is 8.40. The molecule has 0 aliphatic heterocycles. The summed E-state index contributed by atoms with van der Waals surface area (Å²) in [5, 5.41) is 4.78. The van der Waals surface area contributed by atoms with Gasteiger partial charge in [-0.05, 0) is 36.6 Å². The average Bonchev–Trinajstić information content (AvgIpc) is 3.17. The van der Waals surface area contributed by atoms with E-state index >= 15 is 0 Å². The summed E-state index contributed by atoms with van der Waals surface area (Å²) in [5.41, 5.74) is 1.36. The molecule has 0 saturated heterocycles. The number of pyridine rings is 1. The Morgan fingerprint density at radius 2 is 2.29 bits per heavy atom. The zero-order chi connectivity index (χ0) is 11.9. The number of aromatic nitrogens is 1. The maximum absolute atomic E-state index is 4.50. The average molecular weight is 250 g/mol. The maximum atomic E-state index is 4.50. The molecule has 1 heterocycles. The zero-order valence-corrected chi connectivity index (χ0v) is 11.4. The molecule has 0 bridgehead atoms. The molecule has 0 aromatic carbocycles. The van der Waals surface area contributed by atoms with Crippen LogP contribution in [0, 0.1) is 0 Å². The van der Waals surface area contributed by atoms with Gasteiger partial charge in [-0.15, -0.1) is 11.8 Å². The predicted molar refractivity (Wildman–Crippen MR) is 74.3 cm³/mol. The molecule has 17 heavy (non-hydrogen) atoms. The molecule has 2 nitrogen and oxygen atoms in total. The van der Waals surface area contributed by atoms with Crippen molar-refractivity contribution < 1.29 is 0 Å². The topological polar surface area (TPSA) is 24.9 Å². The van der Waals surface area contributed by atoms with E-state index < -0.39 is 0 Å². The summed E-state index contributed by atoms with van der Waals surface area (Å²) in [4.78, 5) is 4.50. The van der Waals surface area contributed by atoms with Crippen molar-refractivity contribution in [3.63, 3.8) is 0 Å². The van der Waals surface area contributed by atoms with Gasteiger partial charge in [-0.3, -0.25) is 0 Å². The SMILES string of the molecule is CCCCCSc1ncccc1CNC1CC1. The lowest BCUT2D eigenvalue weighted by Crippen LogP contribution is -2.16. The van der Waals surface area contributed by atoms with Gasteiger partial charge in [-0.25, -0.2) is 4.98 Å². The molecule has 1 aromatic rings. The second-order valence-electron chi connectivity index (χ2n) is 4.68. The van der Waals surface area contributed by atoms with E-state index in [4.69, 9.17) is 0 Å². The van der Waals surface area contributed by atoms with Crippen LogP contribution < -0.4 is 5.32 Å². The Bertz CT molecular complexity index is 337. The second-order valence-corrected chi connectivity index (χ2v) is 5.76. The monoisotopic (exact) mass is 250 g/mol. The fraction of sp³-hybridized carbons (Fsp3) is 0.643. The highest BCUT2D eigenvalue weighted by Crippen LogP contribution is 2.23. The van der Waals surface area contributed by atoms with Gasteiger partial charge < -0.3 is 5.32 Å². The van der Waals surface area contributed by atoms with E-state index in [2.05, 4.69) is 23.3 Å². The zero-order valence-electron chi connectivity index (χ0n) is 10.6. The van der Waals surface area contributed by atoms with Gasteiger partial charge >= 0.3 is 0 Å². The summed E-state index contributed by atoms with van der Waals surface area (Å²) in [5.74, 6) is 1.20. The Balaban J connectivity index is 1.80.